The van der Waals surface area contributed by atoms with Crippen molar-refractivity contribution in [2.24, 2.45) is 0 Å². The van der Waals surface area contributed by atoms with E-state index in [0.717, 1.165) is 6.04 Å². The molecule has 2 nitrogen and oxygen atoms in total. The summed E-state index contributed by atoms with van der Waals surface area (Å²) in [7, 11) is 0. The van der Waals surface area contributed by atoms with E-state index in [1.165, 1.54) is 38.8 Å². The topological polar surface area (TPSA) is 24.1 Å². The summed E-state index contributed by atoms with van der Waals surface area (Å²) in [6.45, 7) is 4.72. The van der Waals surface area contributed by atoms with Crippen molar-refractivity contribution in [2.75, 3.05) is 13.1 Å². The van der Waals surface area contributed by atoms with Gasteiger partial charge in [-0.1, -0.05) is 0 Å². The molecule has 1 spiro atoms. The van der Waals surface area contributed by atoms with Crippen LogP contribution < -0.4 is 10.6 Å². The van der Waals surface area contributed by atoms with E-state index in [-0.39, 0.29) is 0 Å². The van der Waals surface area contributed by atoms with Crippen LogP contribution in [0.1, 0.15) is 32.6 Å². The molecular weight excluding hydrogens is 136 g/mol. The van der Waals surface area contributed by atoms with E-state index in [4.69, 9.17) is 0 Å². The van der Waals surface area contributed by atoms with Gasteiger partial charge < -0.3 is 10.6 Å². The fourth-order valence-corrected chi connectivity index (χ4v) is 2.46. The van der Waals surface area contributed by atoms with Crippen molar-refractivity contribution >= 4 is 0 Å². The Hall–Kier alpha value is -0.0800. The first-order valence-corrected chi connectivity index (χ1v) is 4.79. The Morgan fingerprint density at radius 1 is 1.18 bits per heavy atom. The van der Waals surface area contributed by atoms with Crippen molar-refractivity contribution in [3.8, 4) is 0 Å². The molecular formula is C9H18N2. The molecule has 0 bridgehead atoms. The molecule has 0 aromatic carbocycles. The first-order chi connectivity index (χ1) is 5.31. The molecule has 2 saturated heterocycles. The number of piperidine rings is 1. The lowest BCUT2D eigenvalue weighted by molar-refractivity contribution is 0.269. The molecule has 2 heterocycles. The SMILES string of the molecule is CC1CCC2(CCNCC2)N1. The average molecular weight is 154 g/mol. The molecule has 2 N–H and O–H groups in total. The predicted molar refractivity (Wildman–Crippen MR) is 46.7 cm³/mol. The van der Waals surface area contributed by atoms with Crippen LogP contribution in [0.3, 0.4) is 0 Å². The largest absolute Gasteiger partial charge is 0.317 e. The van der Waals surface area contributed by atoms with Crippen LogP contribution in [0.2, 0.25) is 0 Å². The van der Waals surface area contributed by atoms with Gasteiger partial charge in [0.05, 0.1) is 0 Å². The molecule has 0 radical (unpaired) electrons. The van der Waals surface area contributed by atoms with Crippen molar-refractivity contribution in [3.05, 3.63) is 0 Å². The first-order valence-electron chi connectivity index (χ1n) is 4.79. The summed E-state index contributed by atoms with van der Waals surface area (Å²) in [5.41, 5.74) is 0.532. The van der Waals surface area contributed by atoms with Crippen LogP contribution in [0.15, 0.2) is 0 Å². The van der Waals surface area contributed by atoms with Crippen LogP contribution in [-0.2, 0) is 0 Å². The Balaban J connectivity index is 1.98. The van der Waals surface area contributed by atoms with E-state index in [1.54, 1.807) is 0 Å². The number of hydrogen-bond donors (Lipinski definition) is 2. The Bertz CT molecular complexity index is 133. The zero-order valence-corrected chi connectivity index (χ0v) is 7.32. The summed E-state index contributed by atoms with van der Waals surface area (Å²) in [5.74, 6) is 0. The summed E-state index contributed by atoms with van der Waals surface area (Å²) in [6.07, 6.45) is 5.44. The summed E-state index contributed by atoms with van der Waals surface area (Å²) in [6, 6.07) is 0.757. The van der Waals surface area contributed by atoms with Crippen LogP contribution in [0.5, 0.6) is 0 Å². The minimum absolute atomic E-state index is 0.532. The van der Waals surface area contributed by atoms with E-state index in [1.807, 2.05) is 0 Å². The molecule has 2 aliphatic heterocycles. The van der Waals surface area contributed by atoms with Crippen molar-refractivity contribution in [1.82, 2.24) is 10.6 Å². The first kappa shape index (κ1) is 7.56. The van der Waals surface area contributed by atoms with Crippen molar-refractivity contribution in [1.29, 1.82) is 0 Å². The van der Waals surface area contributed by atoms with Gasteiger partial charge in [0.2, 0.25) is 0 Å². The normalized spacial score (nSPS) is 36.3. The summed E-state index contributed by atoms with van der Waals surface area (Å²) in [5, 5.41) is 7.14. The van der Waals surface area contributed by atoms with E-state index in [2.05, 4.69) is 17.6 Å². The van der Waals surface area contributed by atoms with Crippen LogP contribution in [-0.4, -0.2) is 24.7 Å². The van der Waals surface area contributed by atoms with Crippen LogP contribution in [0, 0.1) is 0 Å². The van der Waals surface area contributed by atoms with Gasteiger partial charge in [0, 0.05) is 11.6 Å². The molecule has 11 heavy (non-hydrogen) atoms. The summed E-state index contributed by atoms with van der Waals surface area (Å²) >= 11 is 0. The molecule has 2 fully saturated rings. The van der Waals surface area contributed by atoms with E-state index >= 15 is 0 Å². The summed E-state index contributed by atoms with van der Waals surface area (Å²) in [4.78, 5) is 0. The summed E-state index contributed by atoms with van der Waals surface area (Å²) < 4.78 is 0. The smallest absolute Gasteiger partial charge is 0.0208 e. The van der Waals surface area contributed by atoms with Gasteiger partial charge >= 0.3 is 0 Å². The highest BCUT2D eigenvalue weighted by atomic mass is 15.1. The molecule has 0 saturated carbocycles. The third-order valence-corrected chi connectivity index (χ3v) is 3.17. The maximum absolute atomic E-state index is 3.73. The molecule has 0 aliphatic carbocycles. The molecule has 0 amide bonds. The Morgan fingerprint density at radius 2 is 1.91 bits per heavy atom. The number of rotatable bonds is 0. The molecule has 64 valence electrons. The maximum atomic E-state index is 3.73. The Morgan fingerprint density at radius 3 is 2.45 bits per heavy atom. The van der Waals surface area contributed by atoms with E-state index in [9.17, 15) is 0 Å². The van der Waals surface area contributed by atoms with E-state index in [0.29, 0.717) is 5.54 Å². The number of hydrogen-bond acceptors (Lipinski definition) is 2. The molecule has 1 unspecified atom stereocenters. The highest BCUT2D eigenvalue weighted by Gasteiger charge is 2.37. The molecule has 0 aromatic heterocycles. The van der Waals surface area contributed by atoms with Gasteiger partial charge in [0.25, 0.3) is 0 Å². The second-order valence-corrected chi connectivity index (χ2v) is 4.11. The minimum atomic E-state index is 0.532. The fourth-order valence-electron chi connectivity index (χ4n) is 2.46. The second-order valence-electron chi connectivity index (χ2n) is 4.11. The highest BCUT2D eigenvalue weighted by Crippen LogP contribution is 2.30. The zero-order valence-electron chi connectivity index (χ0n) is 7.32. The predicted octanol–water partition coefficient (Wildman–Crippen LogP) is 0.880. The van der Waals surface area contributed by atoms with Gasteiger partial charge in [-0.2, -0.15) is 0 Å². The van der Waals surface area contributed by atoms with Gasteiger partial charge in [0.15, 0.2) is 0 Å². The van der Waals surface area contributed by atoms with Gasteiger partial charge in [-0.3, -0.25) is 0 Å². The van der Waals surface area contributed by atoms with Crippen LogP contribution in [0.25, 0.3) is 0 Å². The fraction of sp³-hybridized carbons (Fsp3) is 1.00. The third-order valence-electron chi connectivity index (χ3n) is 3.17. The lowest BCUT2D eigenvalue weighted by Gasteiger charge is -2.34. The highest BCUT2D eigenvalue weighted by molar-refractivity contribution is 4.98. The average Bonchev–Trinajstić information content (AvgIpc) is 2.34. The lowest BCUT2D eigenvalue weighted by Crippen LogP contribution is -2.49. The van der Waals surface area contributed by atoms with Crippen LogP contribution >= 0.6 is 0 Å². The second kappa shape index (κ2) is 2.76. The quantitative estimate of drug-likeness (QED) is 0.541. The molecule has 2 heteroatoms. The minimum Gasteiger partial charge on any atom is -0.317 e. The zero-order chi connectivity index (χ0) is 7.73. The maximum Gasteiger partial charge on any atom is 0.0208 e. The monoisotopic (exact) mass is 154 g/mol. The standard InChI is InChI=1S/C9H18N2/c1-8-2-3-9(11-8)4-6-10-7-5-9/h8,10-11H,2-7H2,1H3. The van der Waals surface area contributed by atoms with Crippen molar-refractivity contribution in [3.63, 3.8) is 0 Å². The van der Waals surface area contributed by atoms with Crippen molar-refractivity contribution in [2.45, 2.75) is 44.2 Å². The van der Waals surface area contributed by atoms with Crippen LogP contribution in [0.4, 0.5) is 0 Å². The third kappa shape index (κ3) is 1.42. The molecule has 2 rings (SSSR count). The van der Waals surface area contributed by atoms with Gasteiger partial charge in [0.1, 0.15) is 0 Å². The Kier molecular flexibility index (Phi) is 1.90. The van der Waals surface area contributed by atoms with E-state index < -0.39 is 0 Å². The van der Waals surface area contributed by atoms with Gasteiger partial charge in [-0.25, -0.2) is 0 Å². The number of nitrogens with one attached hydrogen (secondary N) is 2. The lowest BCUT2D eigenvalue weighted by atomic mass is 9.87. The molecule has 0 aromatic rings. The van der Waals surface area contributed by atoms with Crippen molar-refractivity contribution < 1.29 is 0 Å². The van der Waals surface area contributed by atoms with Gasteiger partial charge in [-0.05, 0) is 45.7 Å². The molecule has 1 atom stereocenters. The Labute approximate surface area is 68.7 Å². The molecule has 2 aliphatic rings. The van der Waals surface area contributed by atoms with Gasteiger partial charge in [-0.15, -0.1) is 0 Å².